The van der Waals surface area contributed by atoms with Crippen molar-refractivity contribution in [3.63, 3.8) is 0 Å². The molecule has 0 heterocycles. The Morgan fingerprint density at radius 1 is 1.11 bits per heavy atom. The third-order valence-electron chi connectivity index (χ3n) is 2.75. The van der Waals surface area contributed by atoms with E-state index in [0.717, 1.165) is 15.6 Å². The summed E-state index contributed by atoms with van der Waals surface area (Å²) in [6.45, 7) is 3.72. The van der Waals surface area contributed by atoms with Crippen molar-refractivity contribution in [1.29, 1.82) is 0 Å². The number of hydrogen-bond donors (Lipinski definition) is 0. The summed E-state index contributed by atoms with van der Waals surface area (Å²) in [5.74, 6) is -0.549. The van der Waals surface area contributed by atoms with Crippen molar-refractivity contribution in [2.45, 2.75) is 13.8 Å². The van der Waals surface area contributed by atoms with Crippen molar-refractivity contribution < 1.29 is 9.18 Å². The molecular formula is C15H12BrFO. The summed E-state index contributed by atoms with van der Waals surface area (Å²) >= 11 is 3.36. The molecule has 0 N–H and O–H groups in total. The second-order valence-corrected chi connectivity index (χ2v) is 5.22. The van der Waals surface area contributed by atoms with E-state index in [1.807, 2.05) is 13.0 Å². The molecule has 92 valence electrons. The van der Waals surface area contributed by atoms with Gasteiger partial charge in [0.1, 0.15) is 5.82 Å². The Morgan fingerprint density at radius 3 is 2.50 bits per heavy atom. The lowest BCUT2D eigenvalue weighted by atomic mass is 9.98. The van der Waals surface area contributed by atoms with Crippen molar-refractivity contribution in [1.82, 2.24) is 0 Å². The van der Waals surface area contributed by atoms with E-state index in [2.05, 4.69) is 15.9 Å². The molecule has 0 spiro atoms. The fraction of sp³-hybridized carbons (Fsp3) is 0.133. The molecule has 0 radical (unpaired) electrons. The molecule has 0 bridgehead atoms. The second-order valence-electron chi connectivity index (χ2n) is 4.31. The van der Waals surface area contributed by atoms with Gasteiger partial charge < -0.3 is 0 Å². The Morgan fingerprint density at radius 2 is 1.83 bits per heavy atom. The van der Waals surface area contributed by atoms with E-state index in [0.29, 0.717) is 11.1 Å². The molecule has 3 heteroatoms. The van der Waals surface area contributed by atoms with Gasteiger partial charge in [-0.15, -0.1) is 0 Å². The Labute approximate surface area is 114 Å². The molecule has 0 amide bonds. The van der Waals surface area contributed by atoms with Crippen LogP contribution >= 0.6 is 15.9 Å². The second kappa shape index (κ2) is 5.02. The van der Waals surface area contributed by atoms with Crippen LogP contribution in [0.3, 0.4) is 0 Å². The van der Waals surface area contributed by atoms with Crippen molar-refractivity contribution in [2.75, 3.05) is 0 Å². The normalized spacial score (nSPS) is 10.4. The fourth-order valence-electron chi connectivity index (χ4n) is 1.86. The summed E-state index contributed by atoms with van der Waals surface area (Å²) in [4.78, 5) is 12.3. The van der Waals surface area contributed by atoms with Crippen molar-refractivity contribution >= 4 is 21.7 Å². The topological polar surface area (TPSA) is 17.1 Å². The fourth-order valence-corrected chi connectivity index (χ4v) is 2.47. The van der Waals surface area contributed by atoms with Crippen molar-refractivity contribution in [3.05, 3.63) is 68.9 Å². The lowest BCUT2D eigenvalue weighted by Gasteiger charge is -2.07. The minimum absolute atomic E-state index is 0.156. The van der Waals surface area contributed by atoms with Crippen LogP contribution in [0, 0.1) is 19.7 Å². The predicted octanol–water partition coefficient (Wildman–Crippen LogP) is 4.44. The van der Waals surface area contributed by atoms with Gasteiger partial charge in [-0.05, 0) is 55.3 Å². The number of ketones is 1. The quantitative estimate of drug-likeness (QED) is 0.750. The average molecular weight is 307 g/mol. The minimum Gasteiger partial charge on any atom is -0.289 e. The van der Waals surface area contributed by atoms with Crippen LogP contribution in [0.15, 0.2) is 40.9 Å². The molecule has 18 heavy (non-hydrogen) atoms. The monoisotopic (exact) mass is 306 g/mol. The standard InChI is InChI=1S/C15H12BrFO/c1-9-5-11(7-12(16)6-9)15(18)14-8-13(17)4-3-10(14)2/h3-8H,1-2H3. The highest BCUT2D eigenvalue weighted by Crippen LogP contribution is 2.20. The highest BCUT2D eigenvalue weighted by atomic mass is 79.9. The molecule has 0 unspecified atom stereocenters. The Balaban J connectivity index is 2.51. The lowest BCUT2D eigenvalue weighted by molar-refractivity contribution is 0.103. The van der Waals surface area contributed by atoms with E-state index in [1.54, 1.807) is 25.1 Å². The van der Waals surface area contributed by atoms with E-state index in [1.165, 1.54) is 12.1 Å². The molecule has 2 rings (SSSR count). The van der Waals surface area contributed by atoms with Gasteiger partial charge in [0, 0.05) is 15.6 Å². The molecule has 0 atom stereocenters. The van der Waals surface area contributed by atoms with Crippen molar-refractivity contribution in [2.24, 2.45) is 0 Å². The first-order chi connectivity index (χ1) is 8.47. The van der Waals surface area contributed by atoms with Crippen LogP contribution in [0.2, 0.25) is 0 Å². The number of hydrogen-bond acceptors (Lipinski definition) is 1. The van der Waals surface area contributed by atoms with Gasteiger partial charge in [-0.3, -0.25) is 4.79 Å². The van der Waals surface area contributed by atoms with E-state index in [4.69, 9.17) is 0 Å². The van der Waals surface area contributed by atoms with Crippen LogP contribution in [0.1, 0.15) is 27.0 Å². The molecule has 2 aromatic carbocycles. The van der Waals surface area contributed by atoms with Gasteiger partial charge in [0.05, 0.1) is 0 Å². The molecule has 0 fully saturated rings. The Bertz CT molecular complexity index is 600. The zero-order chi connectivity index (χ0) is 13.3. The van der Waals surface area contributed by atoms with E-state index >= 15 is 0 Å². The maximum Gasteiger partial charge on any atom is 0.193 e. The third kappa shape index (κ3) is 2.67. The third-order valence-corrected chi connectivity index (χ3v) is 3.21. The van der Waals surface area contributed by atoms with E-state index in [-0.39, 0.29) is 5.78 Å². The van der Waals surface area contributed by atoms with Crippen LogP contribution < -0.4 is 0 Å². The van der Waals surface area contributed by atoms with Crippen LogP contribution in [0.5, 0.6) is 0 Å². The van der Waals surface area contributed by atoms with E-state index < -0.39 is 5.82 Å². The smallest absolute Gasteiger partial charge is 0.193 e. The van der Waals surface area contributed by atoms with Gasteiger partial charge in [-0.25, -0.2) is 4.39 Å². The van der Waals surface area contributed by atoms with Crippen LogP contribution in [-0.2, 0) is 0 Å². The Kier molecular flexibility index (Phi) is 3.62. The molecule has 1 nitrogen and oxygen atoms in total. The number of benzene rings is 2. The summed E-state index contributed by atoms with van der Waals surface area (Å²) in [6.07, 6.45) is 0. The van der Waals surface area contributed by atoms with Gasteiger partial charge in [0.2, 0.25) is 0 Å². The molecule has 0 aliphatic heterocycles. The van der Waals surface area contributed by atoms with Crippen LogP contribution in [-0.4, -0.2) is 5.78 Å². The van der Waals surface area contributed by atoms with Crippen LogP contribution in [0.4, 0.5) is 4.39 Å². The SMILES string of the molecule is Cc1cc(Br)cc(C(=O)c2cc(F)ccc2C)c1. The highest BCUT2D eigenvalue weighted by Gasteiger charge is 2.13. The molecule has 0 saturated heterocycles. The Hall–Kier alpha value is -1.48. The molecule has 0 saturated carbocycles. The molecular weight excluding hydrogens is 295 g/mol. The van der Waals surface area contributed by atoms with Gasteiger partial charge in [-0.2, -0.15) is 0 Å². The number of rotatable bonds is 2. The maximum atomic E-state index is 13.2. The lowest BCUT2D eigenvalue weighted by Crippen LogP contribution is -2.04. The number of halogens is 2. The zero-order valence-corrected chi connectivity index (χ0v) is 11.7. The van der Waals surface area contributed by atoms with Crippen LogP contribution in [0.25, 0.3) is 0 Å². The summed E-state index contributed by atoms with van der Waals surface area (Å²) < 4.78 is 14.1. The summed E-state index contributed by atoms with van der Waals surface area (Å²) in [7, 11) is 0. The maximum absolute atomic E-state index is 13.2. The van der Waals surface area contributed by atoms with Gasteiger partial charge in [-0.1, -0.05) is 22.0 Å². The molecule has 0 aliphatic carbocycles. The highest BCUT2D eigenvalue weighted by molar-refractivity contribution is 9.10. The van der Waals surface area contributed by atoms with Gasteiger partial charge >= 0.3 is 0 Å². The van der Waals surface area contributed by atoms with Crippen molar-refractivity contribution in [3.8, 4) is 0 Å². The predicted molar refractivity (Wildman–Crippen MR) is 73.4 cm³/mol. The van der Waals surface area contributed by atoms with Gasteiger partial charge in [0.15, 0.2) is 5.78 Å². The first-order valence-corrected chi connectivity index (χ1v) is 6.35. The average Bonchev–Trinajstić information content (AvgIpc) is 2.30. The number of carbonyl (C=O) groups is 1. The zero-order valence-electron chi connectivity index (χ0n) is 10.1. The summed E-state index contributed by atoms with van der Waals surface area (Å²) in [6, 6.07) is 9.74. The minimum atomic E-state index is -0.393. The summed E-state index contributed by atoms with van der Waals surface area (Å²) in [5.41, 5.74) is 2.74. The molecule has 0 aliphatic rings. The summed E-state index contributed by atoms with van der Waals surface area (Å²) in [5, 5.41) is 0. The largest absolute Gasteiger partial charge is 0.289 e. The first kappa shape index (κ1) is 13.0. The first-order valence-electron chi connectivity index (χ1n) is 5.55. The molecule has 2 aromatic rings. The number of carbonyl (C=O) groups excluding carboxylic acids is 1. The van der Waals surface area contributed by atoms with Gasteiger partial charge in [0.25, 0.3) is 0 Å². The van der Waals surface area contributed by atoms with E-state index in [9.17, 15) is 9.18 Å². The number of aryl methyl sites for hydroxylation is 2. The molecule has 0 aromatic heterocycles.